The molecule has 0 atom stereocenters. The maximum absolute atomic E-state index is 13.2. The topological polar surface area (TPSA) is 87.1 Å². The highest BCUT2D eigenvalue weighted by Gasteiger charge is 2.30. The van der Waals surface area contributed by atoms with Gasteiger partial charge in [0.25, 0.3) is 5.91 Å². The number of alkyl halides is 1. The van der Waals surface area contributed by atoms with Crippen LogP contribution in [0.1, 0.15) is 55.5 Å². The van der Waals surface area contributed by atoms with Crippen molar-refractivity contribution in [2.45, 2.75) is 56.7 Å². The van der Waals surface area contributed by atoms with Crippen molar-refractivity contribution in [3.8, 4) is 5.75 Å². The van der Waals surface area contributed by atoms with Gasteiger partial charge < -0.3 is 19.8 Å². The Hall–Kier alpha value is -2.58. The van der Waals surface area contributed by atoms with Gasteiger partial charge in [0, 0.05) is 22.4 Å². The van der Waals surface area contributed by atoms with Crippen LogP contribution in [0.15, 0.2) is 53.4 Å². The molecule has 174 valence electrons. The Labute approximate surface area is 192 Å². The number of rotatable bonds is 13. The minimum atomic E-state index is -1.42. The van der Waals surface area contributed by atoms with Gasteiger partial charge in [-0.3, -0.25) is 9.59 Å². The molecular weight excluding hydrogens is 433 g/mol. The Bertz CT molecular complexity index is 883. The smallest absolute Gasteiger partial charge is 0.303 e. The second-order valence-corrected chi connectivity index (χ2v) is 8.80. The number of amides is 1. The van der Waals surface area contributed by atoms with Gasteiger partial charge in [-0.25, -0.2) is 4.39 Å². The molecule has 2 N–H and O–H groups in total. The zero-order chi connectivity index (χ0) is 23.6. The van der Waals surface area contributed by atoms with Crippen LogP contribution >= 0.6 is 11.8 Å². The average Bonchev–Trinajstić information content (AvgIpc) is 2.74. The van der Waals surface area contributed by atoms with Gasteiger partial charge in [0.2, 0.25) is 0 Å². The van der Waals surface area contributed by atoms with Gasteiger partial charge >= 0.3 is 5.97 Å². The predicted octanol–water partition coefficient (Wildman–Crippen LogP) is 5.10. The number of benzene rings is 2. The van der Waals surface area contributed by atoms with Gasteiger partial charge in [0.05, 0.1) is 13.2 Å². The number of aliphatic carboxylic acids is 1. The van der Waals surface area contributed by atoms with Gasteiger partial charge in [0.1, 0.15) is 17.5 Å². The van der Waals surface area contributed by atoms with E-state index in [1.165, 1.54) is 4.90 Å². The summed E-state index contributed by atoms with van der Waals surface area (Å²) >= 11 is 1.04. The summed E-state index contributed by atoms with van der Waals surface area (Å²) in [6, 6.07) is 13.4. The van der Waals surface area contributed by atoms with E-state index >= 15 is 0 Å². The third-order valence-electron chi connectivity index (χ3n) is 4.82. The van der Waals surface area contributed by atoms with E-state index in [4.69, 9.17) is 9.84 Å². The second-order valence-electron chi connectivity index (χ2n) is 7.82. The maximum Gasteiger partial charge on any atom is 0.303 e. The standard InChI is InChI=1S/C24H30FNO5S/c1-24(2,30)26(23(29)18-11-13-20(14-12-18)32-17-25)16-19-8-5-6-9-21(19)31-15-7-3-4-10-22(27)28/h5-6,8-9,11-14,30H,3-4,7,10,15-17H2,1-2H3,(H,27,28). The Kier molecular flexibility index (Phi) is 9.99. The molecule has 8 heteroatoms. The molecule has 2 aromatic carbocycles. The summed E-state index contributed by atoms with van der Waals surface area (Å²) < 4.78 is 18.4. The Balaban J connectivity index is 2.09. The van der Waals surface area contributed by atoms with Crippen LogP contribution in [0.5, 0.6) is 5.75 Å². The molecule has 0 heterocycles. The number of carboxylic acids is 1. The molecule has 0 saturated carbocycles. The Morgan fingerprint density at radius 2 is 1.75 bits per heavy atom. The zero-order valence-electron chi connectivity index (χ0n) is 18.4. The lowest BCUT2D eigenvalue weighted by Crippen LogP contribution is -2.47. The fourth-order valence-corrected chi connectivity index (χ4v) is 3.56. The van der Waals surface area contributed by atoms with Crippen molar-refractivity contribution in [3.05, 3.63) is 59.7 Å². The summed E-state index contributed by atoms with van der Waals surface area (Å²) in [5, 5.41) is 19.4. The summed E-state index contributed by atoms with van der Waals surface area (Å²) in [5.74, 6) is -0.538. The number of aliphatic hydroxyl groups is 1. The molecular formula is C24H30FNO5S. The van der Waals surface area contributed by atoms with Crippen molar-refractivity contribution >= 4 is 23.6 Å². The van der Waals surface area contributed by atoms with Crippen LogP contribution in [-0.2, 0) is 11.3 Å². The van der Waals surface area contributed by atoms with Gasteiger partial charge in [-0.2, -0.15) is 0 Å². The summed E-state index contributed by atoms with van der Waals surface area (Å²) in [6.45, 7) is 3.66. The number of thioether (sulfide) groups is 1. The van der Waals surface area contributed by atoms with Crippen LogP contribution in [-0.4, -0.2) is 45.3 Å². The van der Waals surface area contributed by atoms with Crippen LogP contribution in [0.25, 0.3) is 0 Å². The fourth-order valence-electron chi connectivity index (χ4n) is 3.11. The monoisotopic (exact) mass is 463 g/mol. The quantitative estimate of drug-likeness (QED) is 0.244. The van der Waals surface area contributed by atoms with E-state index in [9.17, 15) is 19.1 Å². The molecule has 0 bridgehead atoms. The lowest BCUT2D eigenvalue weighted by molar-refractivity contribution is -0.137. The summed E-state index contributed by atoms with van der Waals surface area (Å²) in [4.78, 5) is 25.8. The van der Waals surface area contributed by atoms with Crippen molar-refractivity contribution in [1.29, 1.82) is 0 Å². The van der Waals surface area contributed by atoms with Crippen LogP contribution in [0.2, 0.25) is 0 Å². The van der Waals surface area contributed by atoms with Gasteiger partial charge in [-0.15, -0.1) is 0 Å². The molecule has 1 amide bonds. The normalized spacial score (nSPS) is 11.2. The van der Waals surface area contributed by atoms with Gasteiger partial charge in [-0.05, 0) is 63.4 Å². The molecule has 32 heavy (non-hydrogen) atoms. The number of carbonyl (C=O) groups excluding carboxylic acids is 1. The van der Waals surface area contributed by atoms with E-state index in [0.29, 0.717) is 24.3 Å². The van der Waals surface area contributed by atoms with Crippen LogP contribution in [0.3, 0.4) is 0 Å². The first kappa shape index (κ1) is 25.7. The van der Waals surface area contributed by atoms with Crippen LogP contribution in [0.4, 0.5) is 4.39 Å². The molecule has 0 spiro atoms. The third-order valence-corrected chi connectivity index (χ3v) is 5.54. The summed E-state index contributed by atoms with van der Waals surface area (Å²) in [6.07, 6.45) is 2.22. The van der Waals surface area contributed by atoms with E-state index in [1.807, 2.05) is 24.3 Å². The molecule has 0 fully saturated rings. The SMILES string of the molecule is CC(C)(O)N(Cc1ccccc1OCCCCCC(=O)O)C(=O)c1ccc(SCF)cc1. The number of ether oxygens (including phenoxy) is 1. The number of carbonyl (C=O) groups is 2. The molecule has 0 aromatic heterocycles. The zero-order valence-corrected chi connectivity index (χ0v) is 19.2. The van der Waals surface area contributed by atoms with Crippen LogP contribution < -0.4 is 4.74 Å². The number of nitrogens with zero attached hydrogens (tertiary/aromatic N) is 1. The van der Waals surface area contributed by atoms with Crippen molar-refractivity contribution in [2.24, 2.45) is 0 Å². The van der Waals surface area contributed by atoms with E-state index in [1.54, 1.807) is 38.1 Å². The molecule has 0 radical (unpaired) electrons. The molecule has 0 aliphatic rings. The lowest BCUT2D eigenvalue weighted by atomic mass is 10.1. The largest absolute Gasteiger partial charge is 0.493 e. The first-order chi connectivity index (χ1) is 15.2. The minimum Gasteiger partial charge on any atom is -0.493 e. The van der Waals surface area contributed by atoms with E-state index in [0.717, 1.165) is 35.1 Å². The number of para-hydroxylation sites is 1. The Morgan fingerprint density at radius 1 is 1.06 bits per heavy atom. The molecule has 0 saturated heterocycles. The highest BCUT2D eigenvalue weighted by Crippen LogP contribution is 2.26. The molecule has 2 rings (SSSR count). The molecule has 6 nitrogen and oxygen atoms in total. The lowest BCUT2D eigenvalue weighted by Gasteiger charge is -2.34. The van der Waals surface area contributed by atoms with E-state index in [2.05, 4.69) is 0 Å². The van der Waals surface area contributed by atoms with E-state index in [-0.39, 0.29) is 18.9 Å². The third kappa shape index (κ3) is 8.16. The molecule has 0 aliphatic carbocycles. The number of hydrogen-bond acceptors (Lipinski definition) is 5. The second kappa shape index (κ2) is 12.5. The minimum absolute atomic E-state index is 0.137. The number of hydrogen-bond donors (Lipinski definition) is 2. The number of halogens is 1. The number of carboxylic acid groups (broad SMARTS) is 1. The fraction of sp³-hybridized carbons (Fsp3) is 0.417. The maximum atomic E-state index is 13.2. The van der Waals surface area contributed by atoms with Crippen molar-refractivity contribution in [2.75, 3.05) is 12.6 Å². The van der Waals surface area contributed by atoms with E-state index < -0.39 is 17.7 Å². The average molecular weight is 464 g/mol. The van der Waals surface area contributed by atoms with Crippen LogP contribution in [0, 0.1) is 0 Å². The van der Waals surface area contributed by atoms with Gasteiger partial charge in [0.15, 0.2) is 0 Å². The first-order valence-corrected chi connectivity index (χ1v) is 11.5. The summed E-state index contributed by atoms with van der Waals surface area (Å²) in [7, 11) is 0. The first-order valence-electron chi connectivity index (χ1n) is 10.5. The van der Waals surface area contributed by atoms with Crippen molar-refractivity contribution < 1.29 is 28.9 Å². The van der Waals surface area contributed by atoms with Crippen molar-refractivity contribution in [3.63, 3.8) is 0 Å². The molecule has 2 aromatic rings. The van der Waals surface area contributed by atoms with Gasteiger partial charge in [-0.1, -0.05) is 30.0 Å². The predicted molar refractivity (Wildman–Crippen MR) is 122 cm³/mol. The molecule has 0 unspecified atom stereocenters. The van der Waals surface area contributed by atoms with Crippen molar-refractivity contribution in [1.82, 2.24) is 4.90 Å². The Morgan fingerprint density at radius 3 is 2.38 bits per heavy atom. The number of unbranched alkanes of at least 4 members (excludes halogenated alkanes) is 2. The summed E-state index contributed by atoms with van der Waals surface area (Å²) in [5.41, 5.74) is -0.279. The molecule has 0 aliphatic heterocycles. The highest BCUT2D eigenvalue weighted by atomic mass is 32.2. The highest BCUT2D eigenvalue weighted by molar-refractivity contribution is 7.99.